The molecule has 4 nitrogen and oxygen atoms in total. The van der Waals surface area contributed by atoms with Crippen molar-refractivity contribution in [2.75, 3.05) is 11.9 Å². The lowest BCUT2D eigenvalue weighted by Gasteiger charge is -2.31. The highest BCUT2D eigenvalue weighted by Gasteiger charge is 2.36. The molecule has 102 valence electrons. The second kappa shape index (κ2) is 5.00. The van der Waals surface area contributed by atoms with Gasteiger partial charge in [0.15, 0.2) is 0 Å². The van der Waals surface area contributed by atoms with Crippen LogP contribution in [0.2, 0.25) is 0 Å². The number of nitrogens with one attached hydrogen (secondary N) is 1. The third-order valence-corrected chi connectivity index (χ3v) is 3.71. The monoisotopic (exact) mass is 281 g/mol. The van der Waals surface area contributed by atoms with E-state index in [1.807, 2.05) is 0 Å². The van der Waals surface area contributed by atoms with E-state index in [9.17, 15) is 18.3 Å². The Balaban J connectivity index is 1.92. The molecule has 1 fully saturated rings. The zero-order valence-electron chi connectivity index (χ0n) is 9.63. The van der Waals surface area contributed by atoms with Gasteiger partial charge in [-0.2, -0.15) is 22.5 Å². The van der Waals surface area contributed by atoms with Gasteiger partial charge in [-0.1, -0.05) is 19.3 Å². The summed E-state index contributed by atoms with van der Waals surface area (Å²) in [7, 11) is 0. The number of aliphatic hydroxyl groups is 1. The highest BCUT2D eigenvalue weighted by atomic mass is 32.1. The fraction of sp³-hybridized carbons (Fsp3) is 0.800. The standard InChI is InChI=1S/C10H14F3N3OS/c11-10(12,13)7-15-8(18-16-7)14-6-9(17)4-2-1-3-5-9/h17H,1-6H2,(H,14,15,16). The second-order valence-electron chi connectivity index (χ2n) is 4.56. The van der Waals surface area contributed by atoms with Crippen molar-refractivity contribution < 1.29 is 18.3 Å². The molecule has 1 heterocycles. The molecule has 1 aliphatic carbocycles. The highest BCUT2D eigenvalue weighted by Crippen LogP contribution is 2.31. The largest absolute Gasteiger partial charge is 0.452 e. The first-order valence-electron chi connectivity index (χ1n) is 5.76. The predicted octanol–water partition coefficient (Wildman–Crippen LogP) is 2.66. The minimum Gasteiger partial charge on any atom is -0.388 e. The van der Waals surface area contributed by atoms with Crippen LogP contribution in [0.15, 0.2) is 0 Å². The molecule has 0 saturated heterocycles. The summed E-state index contributed by atoms with van der Waals surface area (Å²) in [5.41, 5.74) is -0.831. The first kappa shape index (κ1) is 13.5. The third kappa shape index (κ3) is 3.32. The van der Waals surface area contributed by atoms with Gasteiger partial charge >= 0.3 is 6.18 Å². The van der Waals surface area contributed by atoms with E-state index < -0.39 is 17.6 Å². The van der Waals surface area contributed by atoms with Crippen molar-refractivity contribution >= 4 is 16.7 Å². The number of hydrogen-bond donors (Lipinski definition) is 2. The summed E-state index contributed by atoms with van der Waals surface area (Å²) >= 11 is 0.660. The molecule has 0 bridgehead atoms. The lowest BCUT2D eigenvalue weighted by Crippen LogP contribution is -2.38. The van der Waals surface area contributed by atoms with Crippen LogP contribution in [0.25, 0.3) is 0 Å². The fourth-order valence-electron chi connectivity index (χ4n) is 2.04. The SMILES string of the molecule is OC1(CNc2nc(C(F)(F)F)ns2)CCCCC1. The number of alkyl halides is 3. The van der Waals surface area contributed by atoms with Gasteiger partial charge in [0.2, 0.25) is 11.0 Å². The molecule has 18 heavy (non-hydrogen) atoms. The van der Waals surface area contributed by atoms with Crippen LogP contribution in [-0.4, -0.2) is 26.6 Å². The molecule has 1 aliphatic rings. The maximum absolute atomic E-state index is 12.3. The van der Waals surface area contributed by atoms with E-state index in [0.29, 0.717) is 24.4 Å². The van der Waals surface area contributed by atoms with Gasteiger partial charge in [0, 0.05) is 18.1 Å². The number of anilines is 1. The van der Waals surface area contributed by atoms with Crippen molar-refractivity contribution in [1.82, 2.24) is 9.36 Å². The van der Waals surface area contributed by atoms with Gasteiger partial charge in [-0.3, -0.25) is 0 Å². The Labute approximate surface area is 106 Å². The summed E-state index contributed by atoms with van der Waals surface area (Å²) in [4.78, 5) is 3.36. The Morgan fingerprint density at radius 2 is 1.94 bits per heavy atom. The Morgan fingerprint density at radius 3 is 2.50 bits per heavy atom. The van der Waals surface area contributed by atoms with Crippen molar-refractivity contribution in [1.29, 1.82) is 0 Å². The molecule has 0 unspecified atom stereocenters. The molecular formula is C10H14F3N3OS. The van der Waals surface area contributed by atoms with E-state index in [1.165, 1.54) is 0 Å². The number of aromatic nitrogens is 2. The van der Waals surface area contributed by atoms with E-state index in [-0.39, 0.29) is 11.7 Å². The third-order valence-electron chi connectivity index (χ3n) is 3.03. The van der Waals surface area contributed by atoms with Crippen LogP contribution in [0.1, 0.15) is 37.9 Å². The number of rotatable bonds is 3. The van der Waals surface area contributed by atoms with Crippen LogP contribution >= 0.6 is 11.5 Å². The maximum atomic E-state index is 12.3. The average molecular weight is 281 g/mol. The van der Waals surface area contributed by atoms with Gasteiger partial charge in [0.1, 0.15) is 0 Å². The van der Waals surface area contributed by atoms with E-state index in [1.54, 1.807) is 0 Å². The van der Waals surface area contributed by atoms with E-state index in [0.717, 1.165) is 19.3 Å². The van der Waals surface area contributed by atoms with Gasteiger partial charge in [-0.25, -0.2) is 0 Å². The zero-order valence-corrected chi connectivity index (χ0v) is 10.4. The number of halogens is 3. The van der Waals surface area contributed by atoms with E-state index >= 15 is 0 Å². The normalized spacial score (nSPS) is 19.8. The average Bonchev–Trinajstić information content (AvgIpc) is 2.76. The molecule has 0 radical (unpaired) electrons. The van der Waals surface area contributed by atoms with Crippen molar-refractivity contribution in [3.8, 4) is 0 Å². The molecule has 1 aromatic heterocycles. The minimum absolute atomic E-state index is 0.0984. The van der Waals surface area contributed by atoms with Crippen molar-refractivity contribution in [2.45, 2.75) is 43.9 Å². The second-order valence-corrected chi connectivity index (χ2v) is 5.31. The van der Waals surface area contributed by atoms with Gasteiger partial charge < -0.3 is 10.4 Å². The van der Waals surface area contributed by atoms with Gasteiger partial charge in [0.05, 0.1) is 5.60 Å². The van der Waals surface area contributed by atoms with Crippen LogP contribution in [-0.2, 0) is 6.18 Å². The molecule has 0 aliphatic heterocycles. The molecule has 2 N–H and O–H groups in total. The number of hydrogen-bond acceptors (Lipinski definition) is 5. The first-order valence-corrected chi connectivity index (χ1v) is 6.54. The Hall–Kier alpha value is -0.890. The Kier molecular flexibility index (Phi) is 3.76. The predicted molar refractivity (Wildman–Crippen MR) is 61.4 cm³/mol. The van der Waals surface area contributed by atoms with Crippen LogP contribution in [0.3, 0.4) is 0 Å². The lowest BCUT2D eigenvalue weighted by molar-refractivity contribution is -0.144. The Bertz CT molecular complexity index is 401. The summed E-state index contributed by atoms with van der Waals surface area (Å²) in [6.45, 7) is 0.222. The van der Waals surface area contributed by atoms with Gasteiger partial charge in [-0.15, -0.1) is 0 Å². The minimum atomic E-state index is -4.52. The summed E-state index contributed by atoms with van der Waals surface area (Å²) in [6, 6.07) is 0. The van der Waals surface area contributed by atoms with Crippen LogP contribution in [0.5, 0.6) is 0 Å². The van der Waals surface area contributed by atoms with Gasteiger partial charge in [0.25, 0.3) is 0 Å². The smallest absolute Gasteiger partial charge is 0.388 e. The summed E-state index contributed by atoms with van der Waals surface area (Å²) < 4.78 is 40.1. The quantitative estimate of drug-likeness (QED) is 0.894. The van der Waals surface area contributed by atoms with Crippen LogP contribution in [0, 0.1) is 0 Å². The molecule has 0 amide bonds. The molecule has 8 heteroatoms. The van der Waals surface area contributed by atoms with Crippen molar-refractivity contribution in [3.05, 3.63) is 5.82 Å². The maximum Gasteiger partial charge on any atom is 0.452 e. The number of nitrogens with zero attached hydrogens (tertiary/aromatic N) is 2. The van der Waals surface area contributed by atoms with Crippen molar-refractivity contribution in [2.24, 2.45) is 0 Å². The lowest BCUT2D eigenvalue weighted by atomic mass is 9.85. The molecule has 0 spiro atoms. The molecule has 0 aromatic carbocycles. The molecule has 1 aromatic rings. The van der Waals surface area contributed by atoms with E-state index in [2.05, 4.69) is 14.7 Å². The first-order chi connectivity index (χ1) is 8.39. The molecule has 0 atom stereocenters. The van der Waals surface area contributed by atoms with Crippen molar-refractivity contribution in [3.63, 3.8) is 0 Å². The highest BCUT2D eigenvalue weighted by molar-refractivity contribution is 7.09. The molecule has 2 rings (SSSR count). The van der Waals surface area contributed by atoms with Gasteiger partial charge in [-0.05, 0) is 12.8 Å². The Morgan fingerprint density at radius 1 is 1.28 bits per heavy atom. The summed E-state index contributed by atoms with van der Waals surface area (Å²) in [5, 5.41) is 13.0. The summed E-state index contributed by atoms with van der Waals surface area (Å²) in [6.07, 6.45) is -0.183. The van der Waals surface area contributed by atoms with Crippen LogP contribution in [0.4, 0.5) is 18.3 Å². The summed E-state index contributed by atoms with van der Waals surface area (Å²) in [5.74, 6) is -1.13. The van der Waals surface area contributed by atoms with E-state index in [4.69, 9.17) is 0 Å². The molecular weight excluding hydrogens is 267 g/mol. The topological polar surface area (TPSA) is 58.0 Å². The van der Waals surface area contributed by atoms with Crippen LogP contribution < -0.4 is 5.32 Å². The molecule has 1 saturated carbocycles. The fourth-order valence-corrected chi connectivity index (χ4v) is 2.62. The zero-order chi connectivity index (χ0) is 13.2.